The Hall–Kier alpha value is -2.75. The van der Waals surface area contributed by atoms with Gasteiger partial charge in [0.1, 0.15) is 5.60 Å². The molecule has 1 fully saturated rings. The van der Waals surface area contributed by atoms with Gasteiger partial charge in [0.15, 0.2) is 5.78 Å². The maximum atomic E-state index is 12.7. The largest absolute Gasteiger partial charge is 0.380 e. The summed E-state index contributed by atoms with van der Waals surface area (Å²) < 4.78 is 0. The van der Waals surface area contributed by atoms with Crippen LogP contribution in [-0.2, 0) is 11.0 Å². The van der Waals surface area contributed by atoms with Crippen molar-refractivity contribution in [2.45, 2.75) is 64.4 Å². The van der Waals surface area contributed by atoms with Crippen molar-refractivity contribution in [3.05, 3.63) is 107 Å². The summed E-state index contributed by atoms with van der Waals surface area (Å²) in [6, 6.07) is 26.6. The minimum Gasteiger partial charge on any atom is -0.380 e. The zero-order chi connectivity index (χ0) is 25.8. The molecule has 0 aliphatic carbocycles. The van der Waals surface area contributed by atoms with E-state index in [1.165, 1.54) is 11.1 Å². The molecule has 4 rings (SSSR count). The molecular formula is C33H41NO2. The molecule has 3 heteroatoms. The van der Waals surface area contributed by atoms with Gasteiger partial charge in [-0.15, -0.1) is 0 Å². The Labute approximate surface area is 217 Å². The lowest BCUT2D eigenvalue weighted by atomic mass is 9.72. The third kappa shape index (κ3) is 5.96. The molecule has 1 aliphatic heterocycles. The van der Waals surface area contributed by atoms with Gasteiger partial charge in [-0.3, -0.25) is 4.79 Å². The highest BCUT2D eigenvalue weighted by atomic mass is 16.3. The predicted molar refractivity (Wildman–Crippen MR) is 148 cm³/mol. The van der Waals surface area contributed by atoms with Crippen LogP contribution in [0.25, 0.3) is 0 Å². The fourth-order valence-corrected chi connectivity index (χ4v) is 5.48. The van der Waals surface area contributed by atoms with Crippen molar-refractivity contribution >= 4 is 5.78 Å². The molecular weight excluding hydrogens is 442 g/mol. The molecule has 0 radical (unpaired) electrons. The monoisotopic (exact) mass is 483 g/mol. The summed E-state index contributed by atoms with van der Waals surface area (Å²) in [6.45, 7) is 11.5. The summed E-state index contributed by atoms with van der Waals surface area (Å²) in [6.07, 6.45) is 3.31. The van der Waals surface area contributed by atoms with Crippen molar-refractivity contribution in [3.8, 4) is 0 Å². The molecule has 3 nitrogen and oxygen atoms in total. The molecule has 1 aliphatic rings. The van der Waals surface area contributed by atoms with Crippen LogP contribution in [0.5, 0.6) is 0 Å². The lowest BCUT2D eigenvalue weighted by Crippen LogP contribution is -2.44. The van der Waals surface area contributed by atoms with E-state index in [1.54, 1.807) is 0 Å². The number of carbonyl (C=O) groups is 1. The number of hydrogen-bond acceptors (Lipinski definition) is 3. The molecule has 1 heterocycles. The third-order valence-corrected chi connectivity index (χ3v) is 7.84. The summed E-state index contributed by atoms with van der Waals surface area (Å²) in [7, 11) is 0. The van der Waals surface area contributed by atoms with Crippen LogP contribution in [0.3, 0.4) is 0 Å². The number of benzene rings is 3. The Bertz CT molecular complexity index is 1120. The molecule has 1 saturated heterocycles. The summed E-state index contributed by atoms with van der Waals surface area (Å²) in [5.74, 6) is 0.380. The molecule has 0 amide bonds. The van der Waals surface area contributed by atoms with Gasteiger partial charge >= 0.3 is 0 Å². The molecule has 0 saturated carbocycles. The van der Waals surface area contributed by atoms with Gasteiger partial charge in [-0.1, -0.05) is 105 Å². The summed E-state index contributed by atoms with van der Waals surface area (Å²) in [5, 5.41) is 12.1. The summed E-state index contributed by atoms with van der Waals surface area (Å²) in [4.78, 5) is 15.2. The Kier molecular flexibility index (Phi) is 8.12. The number of likely N-dealkylation sites (tertiary alicyclic amines) is 1. The van der Waals surface area contributed by atoms with Gasteiger partial charge in [0, 0.05) is 12.0 Å². The van der Waals surface area contributed by atoms with Crippen molar-refractivity contribution in [1.82, 2.24) is 4.90 Å². The van der Waals surface area contributed by atoms with E-state index in [0.29, 0.717) is 6.42 Å². The molecule has 0 aromatic heterocycles. The molecule has 3 aromatic carbocycles. The Morgan fingerprint density at radius 1 is 0.833 bits per heavy atom. The number of Topliss-reactive ketones (excluding diaryl/α,β-unsaturated/α-hetero) is 1. The average molecular weight is 484 g/mol. The van der Waals surface area contributed by atoms with Gasteiger partial charge in [0.25, 0.3) is 0 Å². The molecule has 36 heavy (non-hydrogen) atoms. The first-order chi connectivity index (χ1) is 17.2. The fourth-order valence-electron chi connectivity index (χ4n) is 5.48. The normalized spacial score (nSPS) is 17.0. The topological polar surface area (TPSA) is 40.5 Å². The highest BCUT2D eigenvalue weighted by Crippen LogP contribution is 2.42. The number of aliphatic hydroxyl groups is 1. The second-order valence-corrected chi connectivity index (χ2v) is 11.5. The van der Waals surface area contributed by atoms with E-state index < -0.39 is 5.60 Å². The minimum atomic E-state index is -0.990. The third-order valence-electron chi connectivity index (χ3n) is 7.84. The number of hydrogen-bond donors (Lipinski definition) is 1. The van der Waals surface area contributed by atoms with Crippen LogP contribution in [0.2, 0.25) is 0 Å². The molecule has 0 bridgehead atoms. The highest BCUT2D eigenvalue weighted by molar-refractivity contribution is 5.96. The van der Waals surface area contributed by atoms with Crippen LogP contribution in [0, 0.1) is 12.8 Å². The molecule has 1 atom stereocenters. The van der Waals surface area contributed by atoms with Gasteiger partial charge in [-0.05, 0) is 73.8 Å². The lowest BCUT2D eigenvalue weighted by Gasteiger charge is -2.42. The first-order valence-corrected chi connectivity index (χ1v) is 13.4. The van der Waals surface area contributed by atoms with Crippen LogP contribution in [0.1, 0.15) is 79.1 Å². The van der Waals surface area contributed by atoms with E-state index in [1.807, 2.05) is 42.5 Å². The van der Waals surface area contributed by atoms with Crippen molar-refractivity contribution in [1.29, 1.82) is 0 Å². The maximum Gasteiger partial charge on any atom is 0.162 e. The smallest absolute Gasteiger partial charge is 0.162 e. The second kappa shape index (κ2) is 11.1. The first kappa shape index (κ1) is 26.3. The number of piperidine rings is 1. The highest BCUT2D eigenvalue weighted by Gasteiger charge is 2.41. The zero-order valence-electron chi connectivity index (χ0n) is 22.3. The van der Waals surface area contributed by atoms with Gasteiger partial charge in [0.05, 0.1) is 0 Å². The maximum absolute atomic E-state index is 12.7. The number of rotatable bonds is 8. The second-order valence-electron chi connectivity index (χ2n) is 11.5. The van der Waals surface area contributed by atoms with E-state index >= 15 is 0 Å². The van der Waals surface area contributed by atoms with Crippen LogP contribution >= 0.6 is 0 Å². The standard InChI is InChI=1S/C33H41NO2/c1-25-12-16-29(17-13-25)33(36,28-9-6-5-7-10-28)30-20-23-34(24-21-30)22-8-11-31(35)26-14-18-27(19-15-26)32(2,3)4/h5-7,9-10,12-19,30,36H,8,11,20-24H2,1-4H3. The van der Waals surface area contributed by atoms with Crippen molar-refractivity contribution in [2.75, 3.05) is 19.6 Å². The van der Waals surface area contributed by atoms with Gasteiger partial charge in [-0.2, -0.15) is 0 Å². The SMILES string of the molecule is Cc1ccc(C(O)(c2ccccc2)C2CCN(CCCC(=O)c3ccc(C(C)(C)C)cc3)CC2)cc1. The zero-order valence-corrected chi connectivity index (χ0v) is 22.3. The van der Waals surface area contributed by atoms with E-state index in [4.69, 9.17) is 0 Å². The van der Waals surface area contributed by atoms with Gasteiger partial charge < -0.3 is 10.0 Å². The fraction of sp³-hybridized carbons (Fsp3) is 0.424. The Balaban J connectivity index is 1.34. The van der Waals surface area contributed by atoms with E-state index in [9.17, 15) is 9.90 Å². The molecule has 3 aromatic rings. The summed E-state index contributed by atoms with van der Waals surface area (Å²) >= 11 is 0. The molecule has 0 spiro atoms. The van der Waals surface area contributed by atoms with Crippen LogP contribution < -0.4 is 0 Å². The van der Waals surface area contributed by atoms with Crippen LogP contribution in [0.15, 0.2) is 78.9 Å². The number of nitrogens with zero attached hydrogens (tertiary/aromatic N) is 1. The molecule has 190 valence electrons. The number of carbonyl (C=O) groups excluding carboxylic acids is 1. The minimum absolute atomic E-state index is 0.0970. The van der Waals surface area contributed by atoms with Crippen molar-refractivity contribution in [2.24, 2.45) is 5.92 Å². The Morgan fingerprint density at radius 2 is 1.39 bits per heavy atom. The quantitative estimate of drug-likeness (QED) is 0.354. The molecule has 1 N–H and O–H groups in total. The van der Waals surface area contributed by atoms with E-state index in [-0.39, 0.29) is 17.1 Å². The Morgan fingerprint density at radius 3 is 1.97 bits per heavy atom. The summed E-state index contributed by atoms with van der Waals surface area (Å²) in [5.41, 5.74) is 4.31. The van der Waals surface area contributed by atoms with Gasteiger partial charge in [0.2, 0.25) is 0 Å². The number of ketones is 1. The molecule has 1 unspecified atom stereocenters. The lowest BCUT2D eigenvalue weighted by molar-refractivity contribution is -0.0142. The van der Waals surface area contributed by atoms with E-state index in [0.717, 1.165) is 55.6 Å². The van der Waals surface area contributed by atoms with Crippen molar-refractivity contribution in [3.63, 3.8) is 0 Å². The van der Waals surface area contributed by atoms with E-state index in [2.05, 4.69) is 69.0 Å². The first-order valence-electron chi connectivity index (χ1n) is 13.4. The predicted octanol–water partition coefficient (Wildman–Crippen LogP) is 6.90. The van der Waals surface area contributed by atoms with Crippen LogP contribution in [0.4, 0.5) is 0 Å². The number of aryl methyl sites for hydroxylation is 1. The van der Waals surface area contributed by atoms with Crippen molar-refractivity contribution < 1.29 is 9.90 Å². The van der Waals surface area contributed by atoms with Gasteiger partial charge in [-0.25, -0.2) is 0 Å². The average Bonchev–Trinajstić information content (AvgIpc) is 2.89. The van der Waals surface area contributed by atoms with Crippen LogP contribution in [-0.4, -0.2) is 35.4 Å².